The van der Waals surface area contributed by atoms with Crippen LogP contribution in [-0.4, -0.2) is 52.5 Å². The summed E-state index contributed by atoms with van der Waals surface area (Å²) >= 11 is 1.53. The molecule has 4 aliphatic rings. The Bertz CT molecular complexity index is 1090. The minimum atomic E-state index is 0.0339. The Morgan fingerprint density at radius 2 is 2.00 bits per heavy atom. The van der Waals surface area contributed by atoms with Gasteiger partial charge in [0.15, 0.2) is 11.1 Å². The van der Waals surface area contributed by atoms with Crippen molar-refractivity contribution in [2.75, 3.05) is 31.5 Å². The number of nitrogens with one attached hydrogen (secondary N) is 2. The SMILES string of the molecule is c1ccc(COc2ccc3nc(NC4=NC5(CN4)CN4CCC5CC4)sc3n2)cc1. The Labute approximate surface area is 179 Å². The van der Waals surface area contributed by atoms with Gasteiger partial charge in [0, 0.05) is 19.2 Å². The number of thiazole rings is 1. The predicted molar refractivity (Wildman–Crippen MR) is 119 cm³/mol. The van der Waals surface area contributed by atoms with Gasteiger partial charge in [-0.1, -0.05) is 41.7 Å². The fourth-order valence-electron chi connectivity index (χ4n) is 4.85. The number of fused-ring (bicyclic) bond motifs is 3. The van der Waals surface area contributed by atoms with Crippen LogP contribution in [0.4, 0.5) is 5.13 Å². The van der Waals surface area contributed by atoms with Gasteiger partial charge >= 0.3 is 0 Å². The molecule has 154 valence electrons. The van der Waals surface area contributed by atoms with Gasteiger partial charge in [-0.25, -0.2) is 15.0 Å². The number of piperidine rings is 3. The fourth-order valence-corrected chi connectivity index (χ4v) is 5.68. The maximum atomic E-state index is 5.85. The Hall–Kier alpha value is -2.71. The third kappa shape index (κ3) is 3.30. The van der Waals surface area contributed by atoms with Crippen LogP contribution in [-0.2, 0) is 6.61 Å². The minimum Gasteiger partial charge on any atom is -0.473 e. The minimum absolute atomic E-state index is 0.0339. The van der Waals surface area contributed by atoms with Crippen molar-refractivity contribution >= 4 is 32.8 Å². The molecule has 30 heavy (non-hydrogen) atoms. The highest BCUT2D eigenvalue weighted by Gasteiger charge is 2.49. The third-order valence-electron chi connectivity index (χ3n) is 6.43. The Balaban J connectivity index is 1.17. The summed E-state index contributed by atoms with van der Waals surface area (Å²) in [5.41, 5.74) is 2.02. The van der Waals surface area contributed by atoms with Crippen molar-refractivity contribution in [3.63, 3.8) is 0 Å². The van der Waals surface area contributed by atoms with E-state index in [4.69, 9.17) is 9.73 Å². The Morgan fingerprint density at radius 1 is 1.13 bits per heavy atom. The number of nitrogens with zero attached hydrogens (tertiary/aromatic N) is 4. The molecular formula is C22H24N6OS. The van der Waals surface area contributed by atoms with Gasteiger partial charge in [-0.15, -0.1) is 0 Å². The van der Waals surface area contributed by atoms with Crippen LogP contribution in [0.5, 0.6) is 5.88 Å². The second-order valence-corrected chi connectivity index (χ2v) is 9.34. The standard InChI is InChI=1S/C22H24N6OS/c1-2-4-15(5-3-1)12-29-18-7-6-17-19(25-18)30-21(24-17)26-20-23-13-22(27-20)14-28-10-8-16(22)9-11-28/h1-7,16H,8-14H2,(H2,23,24,26,27). The highest BCUT2D eigenvalue weighted by molar-refractivity contribution is 7.21. The molecule has 2 N–H and O–H groups in total. The normalized spacial score (nSPS) is 27.3. The molecule has 1 unspecified atom stereocenters. The number of benzene rings is 1. The molecule has 3 aromatic rings. The lowest BCUT2D eigenvalue weighted by molar-refractivity contribution is 0.0374. The van der Waals surface area contributed by atoms with Gasteiger partial charge in [0.1, 0.15) is 17.0 Å². The molecule has 6 heterocycles. The molecule has 3 saturated heterocycles. The van der Waals surface area contributed by atoms with Crippen molar-refractivity contribution in [3.05, 3.63) is 48.0 Å². The number of hydrogen-bond donors (Lipinski definition) is 2. The van der Waals surface area contributed by atoms with E-state index >= 15 is 0 Å². The molecule has 1 atom stereocenters. The summed E-state index contributed by atoms with van der Waals surface area (Å²) in [6, 6.07) is 14.0. The van der Waals surface area contributed by atoms with Crippen molar-refractivity contribution in [2.45, 2.75) is 25.0 Å². The van der Waals surface area contributed by atoms with E-state index in [1.54, 1.807) is 0 Å². The van der Waals surface area contributed by atoms with Crippen LogP contribution in [0, 0.1) is 5.92 Å². The Morgan fingerprint density at radius 3 is 2.80 bits per heavy atom. The molecular weight excluding hydrogens is 396 g/mol. The first-order valence-corrected chi connectivity index (χ1v) is 11.3. The van der Waals surface area contributed by atoms with Crippen LogP contribution in [0.3, 0.4) is 0 Å². The molecule has 1 spiro atoms. The van der Waals surface area contributed by atoms with Crippen molar-refractivity contribution in [2.24, 2.45) is 10.9 Å². The zero-order valence-corrected chi connectivity index (χ0v) is 17.5. The second-order valence-electron chi connectivity index (χ2n) is 8.36. The third-order valence-corrected chi connectivity index (χ3v) is 7.31. The van der Waals surface area contributed by atoms with E-state index in [1.807, 2.05) is 42.5 Å². The highest BCUT2D eigenvalue weighted by Crippen LogP contribution is 2.39. The zero-order chi connectivity index (χ0) is 20.0. The first kappa shape index (κ1) is 18.1. The van der Waals surface area contributed by atoms with Gasteiger partial charge in [-0.2, -0.15) is 0 Å². The summed E-state index contributed by atoms with van der Waals surface area (Å²) in [5, 5.41) is 7.67. The zero-order valence-electron chi connectivity index (χ0n) is 16.7. The van der Waals surface area contributed by atoms with Crippen LogP contribution >= 0.6 is 11.3 Å². The van der Waals surface area contributed by atoms with Gasteiger partial charge in [0.25, 0.3) is 0 Å². The topological polar surface area (TPSA) is 74.7 Å². The molecule has 4 aliphatic heterocycles. The van der Waals surface area contributed by atoms with E-state index in [0.29, 0.717) is 18.4 Å². The highest BCUT2D eigenvalue weighted by atomic mass is 32.1. The Kier molecular flexibility index (Phi) is 4.35. The smallest absolute Gasteiger partial charge is 0.215 e. The fraction of sp³-hybridized carbons (Fsp3) is 0.409. The summed E-state index contributed by atoms with van der Waals surface area (Å²) in [7, 11) is 0. The maximum Gasteiger partial charge on any atom is 0.215 e. The largest absolute Gasteiger partial charge is 0.473 e. The quantitative estimate of drug-likeness (QED) is 0.676. The number of aromatic nitrogens is 2. The number of guanidine groups is 1. The molecule has 0 radical (unpaired) electrons. The van der Waals surface area contributed by atoms with E-state index in [2.05, 4.69) is 25.5 Å². The summed E-state index contributed by atoms with van der Waals surface area (Å²) in [4.78, 5) is 17.8. The van der Waals surface area contributed by atoms with Crippen LogP contribution < -0.4 is 15.4 Å². The van der Waals surface area contributed by atoms with E-state index in [0.717, 1.165) is 40.1 Å². The van der Waals surface area contributed by atoms with E-state index in [-0.39, 0.29) is 5.54 Å². The summed E-state index contributed by atoms with van der Waals surface area (Å²) < 4.78 is 5.85. The van der Waals surface area contributed by atoms with Crippen LogP contribution in [0.15, 0.2) is 47.5 Å². The monoisotopic (exact) mass is 420 g/mol. The van der Waals surface area contributed by atoms with E-state index in [9.17, 15) is 0 Å². The molecule has 2 bridgehead atoms. The number of pyridine rings is 1. The lowest BCUT2D eigenvalue weighted by Gasteiger charge is -2.49. The number of hydrogen-bond acceptors (Lipinski definition) is 8. The molecule has 2 aromatic heterocycles. The lowest BCUT2D eigenvalue weighted by atomic mass is 9.73. The van der Waals surface area contributed by atoms with Crippen molar-refractivity contribution in [1.82, 2.24) is 20.2 Å². The van der Waals surface area contributed by atoms with Gasteiger partial charge < -0.3 is 20.3 Å². The van der Waals surface area contributed by atoms with Crippen molar-refractivity contribution in [3.8, 4) is 5.88 Å². The molecule has 3 fully saturated rings. The van der Waals surface area contributed by atoms with Crippen LogP contribution in [0.1, 0.15) is 18.4 Å². The average Bonchev–Trinajstić information content (AvgIpc) is 3.37. The summed E-state index contributed by atoms with van der Waals surface area (Å²) in [6.07, 6.45) is 2.52. The molecule has 7 nitrogen and oxygen atoms in total. The van der Waals surface area contributed by atoms with Gasteiger partial charge in [-0.3, -0.25) is 0 Å². The van der Waals surface area contributed by atoms with Crippen molar-refractivity contribution < 1.29 is 4.74 Å². The molecule has 0 saturated carbocycles. The lowest BCUT2D eigenvalue weighted by Crippen LogP contribution is -2.59. The molecule has 0 aliphatic carbocycles. The number of ether oxygens (including phenoxy) is 1. The van der Waals surface area contributed by atoms with E-state index in [1.165, 1.54) is 37.3 Å². The molecule has 8 heteroatoms. The van der Waals surface area contributed by atoms with Crippen molar-refractivity contribution in [1.29, 1.82) is 0 Å². The first-order chi connectivity index (χ1) is 14.8. The van der Waals surface area contributed by atoms with E-state index < -0.39 is 0 Å². The predicted octanol–water partition coefficient (Wildman–Crippen LogP) is 3.11. The maximum absolute atomic E-state index is 5.85. The van der Waals surface area contributed by atoms with Gasteiger partial charge in [0.2, 0.25) is 5.88 Å². The first-order valence-electron chi connectivity index (χ1n) is 10.5. The number of rotatable bonds is 4. The average molecular weight is 421 g/mol. The number of anilines is 1. The van der Waals surface area contributed by atoms with Gasteiger partial charge in [-0.05, 0) is 43.5 Å². The summed E-state index contributed by atoms with van der Waals surface area (Å²) in [6.45, 7) is 4.94. The molecule has 0 amide bonds. The molecule has 7 rings (SSSR count). The summed E-state index contributed by atoms with van der Waals surface area (Å²) in [5.74, 6) is 2.14. The second kappa shape index (κ2) is 7.21. The van der Waals surface area contributed by atoms with Crippen LogP contribution in [0.25, 0.3) is 10.3 Å². The van der Waals surface area contributed by atoms with Gasteiger partial charge in [0.05, 0.1) is 5.54 Å². The molecule has 1 aromatic carbocycles. The van der Waals surface area contributed by atoms with Crippen LogP contribution in [0.2, 0.25) is 0 Å². The number of aliphatic imine (C=N–C) groups is 1.